The first-order chi connectivity index (χ1) is 11.5. The van der Waals surface area contributed by atoms with Crippen molar-refractivity contribution in [3.05, 3.63) is 69.8 Å². The predicted octanol–water partition coefficient (Wildman–Crippen LogP) is 5.15. The number of allylic oxidation sites excluding steroid dienone is 2. The van der Waals surface area contributed by atoms with Gasteiger partial charge in [-0.2, -0.15) is 0 Å². The number of fused-ring (bicyclic) bond motifs is 1. The molecule has 0 radical (unpaired) electrons. The topological polar surface area (TPSA) is 46.5 Å². The molecule has 0 spiro atoms. The predicted molar refractivity (Wildman–Crippen MR) is 97.2 cm³/mol. The molecule has 0 unspecified atom stereocenters. The van der Waals surface area contributed by atoms with Gasteiger partial charge in [0.1, 0.15) is 5.75 Å². The number of hydrogen-bond donors (Lipinski definition) is 1. The van der Waals surface area contributed by atoms with Gasteiger partial charge in [-0.05, 0) is 70.7 Å². The van der Waals surface area contributed by atoms with E-state index in [-0.39, 0.29) is 6.42 Å². The van der Waals surface area contributed by atoms with Crippen LogP contribution in [0.5, 0.6) is 5.75 Å². The number of rotatable bonds is 4. The molecule has 0 bridgehead atoms. The summed E-state index contributed by atoms with van der Waals surface area (Å²) >= 11 is 6.07. The molecule has 1 aliphatic rings. The lowest BCUT2D eigenvalue weighted by atomic mass is 10.0. The van der Waals surface area contributed by atoms with Crippen LogP contribution in [0.3, 0.4) is 0 Å². The Hall–Kier alpha value is -2.52. The van der Waals surface area contributed by atoms with Crippen LogP contribution < -0.4 is 4.74 Å². The SMILES string of the molecule is COc1ccc2c(c1)C(CC(=O)O)=C(C)C2=Cc1cccc(Cl)c1. The number of benzene rings is 2. The van der Waals surface area contributed by atoms with E-state index < -0.39 is 5.97 Å². The van der Waals surface area contributed by atoms with Gasteiger partial charge in [-0.25, -0.2) is 0 Å². The van der Waals surface area contributed by atoms with E-state index in [1.807, 2.05) is 55.5 Å². The van der Waals surface area contributed by atoms with Crippen molar-refractivity contribution in [1.29, 1.82) is 0 Å². The van der Waals surface area contributed by atoms with Crippen LogP contribution in [0.1, 0.15) is 30.0 Å². The molecular weight excluding hydrogens is 324 g/mol. The Labute approximate surface area is 145 Å². The normalized spacial score (nSPS) is 14.9. The monoisotopic (exact) mass is 340 g/mol. The van der Waals surface area contributed by atoms with E-state index in [1.165, 1.54) is 0 Å². The van der Waals surface area contributed by atoms with Crippen LogP contribution >= 0.6 is 11.6 Å². The lowest BCUT2D eigenvalue weighted by molar-refractivity contribution is -0.135. The average molecular weight is 341 g/mol. The van der Waals surface area contributed by atoms with Crippen molar-refractivity contribution in [2.24, 2.45) is 0 Å². The maximum absolute atomic E-state index is 11.3. The van der Waals surface area contributed by atoms with Crippen molar-refractivity contribution in [3.63, 3.8) is 0 Å². The van der Waals surface area contributed by atoms with E-state index in [9.17, 15) is 9.90 Å². The number of hydrogen-bond acceptors (Lipinski definition) is 2. The summed E-state index contributed by atoms with van der Waals surface area (Å²) in [5.41, 5.74) is 5.73. The third-order valence-electron chi connectivity index (χ3n) is 4.19. The van der Waals surface area contributed by atoms with Crippen molar-refractivity contribution in [1.82, 2.24) is 0 Å². The van der Waals surface area contributed by atoms with Crippen molar-refractivity contribution < 1.29 is 14.6 Å². The molecule has 0 aliphatic heterocycles. The van der Waals surface area contributed by atoms with Gasteiger partial charge in [0.15, 0.2) is 0 Å². The molecule has 0 aromatic heterocycles. The molecule has 2 aromatic rings. The summed E-state index contributed by atoms with van der Waals surface area (Å²) in [6, 6.07) is 13.4. The number of carboxylic acid groups (broad SMARTS) is 1. The molecule has 122 valence electrons. The fraction of sp³-hybridized carbons (Fsp3) is 0.150. The van der Waals surface area contributed by atoms with Crippen LogP contribution in [0.15, 0.2) is 48.0 Å². The first-order valence-corrected chi connectivity index (χ1v) is 7.95. The molecule has 3 nitrogen and oxygen atoms in total. The van der Waals surface area contributed by atoms with E-state index >= 15 is 0 Å². The zero-order valence-corrected chi connectivity index (χ0v) is 14.2. The Morgan fingerprint density at radius 3 is 2.67 bits per heavy atom. The summed E-state index contributed by atoms with van der Waals surface area (Å²) in [5, 5.41) is 9.92. The second-order valence-electron chi connectivity index (χ2n) is 5.70. The lowest BCUT2D eigenvalue weighted by Crippen LogP contribution is -1.97. The Balaban J connectivity index is 2.17. The molecule has 1 N–H and O–H groups in total. The summed E-state index contributed by atoms with van der Waals surface area (Å²) in [6.07, 6.45) is 2.03. The highest BCUT2D eigenvalue weighted by Crippen LogP contribution is 2.44. The molecule has 0 fully saturated rings. The van der Waals surface area contributed by atoms with Gasteiger partial charge in [-0.1, -0.05) is 29.8 Å². The number of carboxylic acids is 1. The minimum Gasteiger partial charge on any atom is -0.497 e. The molecule has 4 heteroatoms. The molecule has 0 amide bonds. The minimum absolute atomic E-state index is 0.0150. The highest BCUT2D eigenvalue weighted by molar-refractivity contribution is 6.30. The number of methoxy groups -OCH3 is 1. The quantitative estimate of drug-likeness (QED) is 0.837. The molecule has 0 atom stereocenters. The summed E-state index contributed by atoms with van der Waals surface area (Å²) < 4.78 is 5.29. The molecule has 0 heterocycles. The average Bonchev–Trinajstić information content (AvgIpc) is 2.79. The fourth-order valence-corrected chi connectivity index (χ4v) is 3.23. The van der Waals surface area contributed by atoms with Crippen molar-refractivity contribution in [2.45, 2.75) is 13.3 Å². The summed E-state index contributed by atoms with van der Waals surface area (Å²) in [4.78, 5) is 11.3. The molecule has 0 saturated heterocycles. The van der Waals surface area contributed by atoms with Gasteiger partial charge in [0.05, 0.1) is 13.5 Å². The van der Waals surface area contributed by atoms with Crippen molar-refractivity contribution in [2.75, 3.05) is 7.11 Å². The Bertz CT molecular complexity index is 878. The van der Waals surface area contributed by atoms with E-state index in [2.05, 4.69) is 0 Å². The molecular formula is C20H17ClO3. The number of ether oxygens (including phenoxy) is 1. The van der Waals surface area contributed by atoms with E-state index in [0.29, 0.717) is 10.8 Å². The highest BCUT2D eigenvalue weighted by atomic mass is 35.5. The number of aliphatic carboxylic acids is 1. The van der Waals surface area contributed by atoms with Gasteiger partial charge in [0.25, 0.3) is 0 Å². The lowest BCUT2D eigenvalue weighted by Gasteiger charge is -2.07. The maximum atomic E-state index is 11.3. The van der Waals surface area contributed by atoms with Crippen LogP contribution in [-0.4, -0.2) is 18.2 Å². The Morgan fingerprint density at radius 1 is 1.21 bits per heavy atom. The Kier molecular flexibility index (Phi) is 4.45. The van der Waals surface area contributed by atoms with Gasteiger partial charge in [-0.15, -0.1) is 0 Å². The number of halogens is 1. The van der Waals surface area contributed by atoms with Crippen LogP contribution in [0, 0.1) is 0 Å². The number of carbonyl (C=O) groups is 1. The van der Waals surface area contributed by atoms with Gasteiger partial charge >= 0.3 is 5.97 Å². The molecule has 24 heavy (non-hydrogen) atoms. The zero-order valence-electron chi connectivity index (χ0n) is 13.5. The van der Waals surface area contributed by atoms with Crippen LogP contribution in [0.2, 0.25) is 5.02 Å². The zero-order chi connectivity index (χ0) is 17.3. The summed E-state index contributed by atoms with van der Waals surface area (Å²) in [6.45, 7) is 1.96. The van der Waals surface area contributed by atoms with Gasteiger partial charge in [-0.3, -0.25) is 4.79 Å². The van der Waals surface area contributed by atoms with Crippen LogP contribution in [0.25, 0.3) is 17.2 Å². The summed E-state index contributed by atoms with van der Waals surface area (Å²) in [5.74, 6) is -0.129. The fourth-order valence-electron chi connectivity index (χ4n) is 3.03. The van der Waals surface area contributed by atoms with Crippen LogP contribution in [-0.2, 0) is 4.79 Å². The maximum Gasteiger partial charge on any atom is 0.307 e. The van der Waals surface area contributed by atoms with Gasteiger partial charge < -0.3 is 9.84 Å². The smallest absolute Gasteiger partial charge is 0.307 e. The second-order valence-corrected chi connectivity index (χ2v) is 6.14. The largest absolute Gasteiger partial charge is 0.497 e. The first kappa shape index (κ1) is 16.3. The van der Waals surface area contributed by atoms with Crippen molar-refractivity contribution in [3.8, 4) is 5.75 Å². The van der Waals surface area contributed by atoms with Gasteiger partial charge in [0.2, 0.25) is 0 Å². The van der Waals surface area contributed by atoms with E-state index in [0.717, 1.165) is 33.4 Å². The molecule has 1 aliphatic carbocycles. The highest BCUT2D eigenvalue weighted by Gasteiger charge is 2.25. The molecule has 3 rings (SSSR count). The standard InChI is InChI=1S/C20H17ClO3/c1-12-17(9-13-4-3-5-14(21)8-13)16-7-6-15(24-2)10-19(16)18(12)11-20(22)23/h3-10H,11H2,1-2H3,(H,22,23). The third-order valence-corrected chi connectivity index (χ3v) is 4.42. The Morgan fingerprint density at radius 2 is 2.00 bits per heavy atom. The van der Waals surface area contributed by atoms with Crippen molar-refractivity contribution >= 4 is 34.8 Å². The van der Waals surface area contributed by atoms with E-state index in [4.69, 9.17) is 16.3 Å². The third kappa shape index (κ3) is 3.08. The van der Waals surface area contributed by atoms with Gasteiger partial charge in [0, 0.05) is 5.02 Å². The van der Waals surface area contributed by atoms with E-state index in [1.54, 1.807) is 7.11 Å². The molecule has 0 saturated carbocycles. The summed E-state index contributed by atoms with van der Waals surface area (Å²) in [7, 11) is 1.60. The molecule has 2 aromatic carbocycles. The second kappa shape index (κ2) is 6.54. The first-order valence-electron chi connectivity index (χ1n) is 7.57. The van der Waals surface area contributed by atoms with Crippen LogP contribution in [0.4, 0.5) is 0 Å². The minimum atomic E-state index is -0.845.